The molecule has 0 aromatic heterocycles. The summed E-state index contributed by atoms with van der Waals surface area (Å²) < 4.78 is 5.87. The van der Waals surface area contributed by atoms with Crippen LogP contribution in [0.3, 0.4) is 0 Å². The second kappa shape index (κ2) is 15.0. The van der Waals surface area contributed by atoms with E-state index in [9.17, 15) is 29.4 Å². The lowest BCUT2D eigenvalue weighted by Crippen LogP contribution is -2.55. The number of hydrogen-bond donors (Lipinski definition) is 3. The quantitative estimate of drug-likeness (QED) is 0.146. The molecular formula is C24H42O8. The molecule has 0 fully saturated rings. The summed E-state index contributed by atoms with van der Waals surface area (Å²) in [5.41, 5.74) is -3.94. The molecule has 2 atom stereocenters. The molecule has 0 aromatic rings. The standard InChI is InChI=1S/C24H42O8/c1-5-8-11-12-13-16-23(14-9-6-2,15-10-7-3)32-21(28)20(18(4)25)24(31,22(29)30)17-19(26)27/h20,31H,5-17H2,1-4H3,(H,26,27)(H,29,30). The Balaban J connectivity index is 5.93. The van der Waals surface area contributed by atoms with E-state index in [1.54, 1.807) is 0 Å². The number of ether oxygens (including phenoxy) is 1. The minimum Gasteiger partial charge on any atom is -0.481 e. The van der Waals surface area contributed by atoms with E-state index in [1.807, 2.05) is 13.8 Å². The highest BCUT2D eigenvalue weighted by molar-refractivity contribution is 6.05. The van der Waals surface area contributed by atoms with E-state index < -0.39 is 47.2 Å². The molecule has 2 unspecified atom stereocenters. The Kier molecular flexibility index (Phi) is 14.1. The van der Waals surface area contributed by atoms with Crippen molar-refractivity contribution in [2.75, 3.05) is 0 Å². The number of unbranched alkanes of at least 4 members (excludes halogenated alkanes) is 6. The fraction of sp³-hybridized carbons (Fsp3) is 0.833. The average molecular weight is 459 g/mol. The van der Waals surface area contributed by atoms with Crippen molar-refractivity contribution in [3.8, 4) is 0 Å². The lowest BCUT2D eigenvalue weighted by molar-refractivity contribution is -0.190. The van der Waals surface area contributed by atoms with Crippen molar-refractivity contribution in [2.45, 2.75) is 122 Å². The molecule has 0 aliphatic carbocycles. The molecule has 0 saturated carbocycles. The van der Waals surface area contributed by atoms with Crippen LogP contribution < -0.4 is 0 Å². The van der Waals surface area contributed by atoms with Gasteiger partial charge >= 0.3 is 17.9 Å². The number of carboxylic acid groups (broad SMARTS) is 2. The highest BCUT2D eigenvalue weighted by Crippen LogP contribution is 2.35. The molecule has 8 nitrogen and oxygen atoms in total. The largest absolute Gasteiger partial charge is 0.481 e. The molecule has 0 aromatic carbocycles. The molecular weight excluding hydrogens is 416 g/mol. The van der Waals surface area contributed by atoms with Gasteiger partial charge in [-0.2, -0.15) is 0 Å². The summed E-state index contributed by atoms with van der Waals surface area (Å²) in [6.07, 6.45) is 8.82. The van der Waals surface area contributed by atoms with E-state index >= 15 is 0 Å². The number of esters is 1. The van der Waals surface area contributed by atoms with Crippen LogP contribution in [-0.4, -0.2) is 50.2 Å². The van der Waals surface area contributed by atoms with Gasteiger partial charge in [0.15, 0.2) is 11.5 Å². The van der Waals surface area contributed by atoms with Crippen LogP contribution in [0.25, 0.3) is 0 Å². The number of Topliss-reactive ketones (excluding diaryl/α,β-unsaturated/α-hetero) is 1. The Morgan fingerprint density at radius 3 is 1.66 bits per heavy atom. The van der Waals surface area contributed by atoms with E-state index in [4.69, 9.17) is 9.84 Å². The second-order valence-corrected chi connectivity index (χ2v) is 8.82. The molecule has 8 heteroatoms. The number of aliphatic hydroxyl groups is 1. The van der Waals surface area contributed by atoms with Crippen molar-refractivity contribution in [1.82, 2.24) is 0 Å². The van der Waals surface area contributed by atoms with Gasteiger partial charge in [0.05, 0.1) is 6.42 Å². The van der Waals surface area contributed by atoms with Crippen LogP contribution in [0.2, 0.25) is 0 Å². The normalized spacial score (nSPS) is 14.4. The summed E-state index contributed by atoms with van der Waals surface area (Å²) >= 11 is 0. The van der Waals surface area contributed by atoms with Crippen molar-refractivity contribution in [2.24, 2.45) is 5.92 Å². The smallest absolute Gasteiger partial charge is 0.337 e. The highest BCUT2D eigenvalue weighted by atomic mass is 16.6. The summed E-state index contributed by atoms with van der Waals surface area (Å²) in [5, 5.41) is 29.1. The first-order chi connectivity index (χ1) is 15.0. The van der Waals surface area contributed by atoms with Gasteiger partial charge in [-0.3, -0.25) is 14.4 Å². The third kappa shape index (κ3) is 9.67. The molecule has 0 rings (SSSR count). The molecule has 0 bridgehead atoms. The van der Waals surface area contributed by atoms with Crippen molar-refractivity contribution in [3.63, 3.8) is 0 Å². The predicted octanol–water partition coefficient (Wildman–Crippen LogP) is 4.50. The van der Waals surface area contributed by atoms with Gasteiger partial charge in [0.2, 0.25) is 0 Å². The van der Waals surface area contributed by atoms with E-state index in [0.717, 1.165) is 64.7 Å². The summed E-state index contributed by atoms with van der Waals surface area (Å²) in [6, 6.07) is 0. The number of ketones is 1. The maximum absolute atomic E-state index is 13.1. The van der Waals surface area contributed by atoms with Crippen molar-refractivity contribution < 1.29 is 39.2 Å². The summed E-state index contributed by atoms with van der Waals surface area (Å²) in [6.45, 7) is 7.12. The Morgan fingerprint density at radius 1 is 0.781 bits per heavy atom. The SMILES string of the molecule is CCCCCCCC(CCCC)(CCCC)OC(=O)C(C(C)=O)C(O)(CC(=O)O)C(=O)O. The molecule has 0 spiro atoms. The number of carboxylic acids is 2. The summed E-state index contributed by atoms with van der Waals surface area (Å²) in [5.74, 6) is -7.79. The molecule has 0 heterocycles. The Hall–Kier alpha value is -1.96. The van der Waals surface area contributed by atoms with Gasteiger partial charge in [-0.15, -0.1) is 0 Å². The summed E-state index contributed by atoms with van der Waals surface area (Å²) in [7, 11) is 0. The predicted molar refractivity (Wildman–Crippen MR) is 120 cm³/mol. The van der Waals surface area contributed by atoms with Crippen LogP contribution in [0.5, 0.6) is 0 Å². The van der Waals surface area contributed by atoms with Crippen molar-refractivity contribution in [1.29, 1.82) is 0 Å². The molecule has 32 heavy (non-hydrogen) atoms. The van der Waals surface area contributed by atoms with Crippen LogP contribution >= 0.6 is 0 Å². The third-order valence-corrected chi connectivity index (χ3v) is 5.94. The topological polar surface area (TPSA) is 138 Å². The Morgan fingerprint density at radius 2 is 1.25 bits per heavy atom. The van der Waals surface area contributed by atoms with Gasteiger partial charge in [-0.25, -0.2) is 4.79 Å². The van der Waals surface area contributed by atoms with Crippen LogP contribution in [0, 0.1) is 5.92 Å². The van der Waals surface area contributed by atoms with Crippen LogP contribution in [0.15, 0.2) is 0 Å². The minimum absolute atomic E-state index is 0.568. The zero-order valence-electron chi connectivity index (χ0n) is 20.2. The first kappa shape index (κ1) is 30.0. The van der Waals surface area contributed by atoms with E-state index in [-0.39, 0.29) is 0 Å². The number of hydrogen-bond acceptors (Lipinski definition) is 6. The zero-order chi connectivity index (χ0) is 24.8. The fourth-order valence-corrected chi connectivity index (χ4v) is 4.08. The van der Waals surface area contributed by atoms with Crippen molar-refractivity contribution >= 4 is 23.7 Å². The number of carbonyl (C=O) groups is 4. The molecule has 0 aliphatic heterocycles. The molecule has 186 valence electrons. The maximum Gasteiger partial charge on any atom is 0.337 e. The first-order valence-electron chi connectivity index (χ1n) is 11.9. The highest BCUT2D eigenvalue weighted by Gasteiger charge is 2.54. The third-order valence-electron chi connectivity index (χ3n) is 5.94. The van der Waals surface area contributed by atoms with E-state index in [2.05, 4.69) is 6.92 Å². The molecule has 0 amide bonds. The molecule has 3 N–H and O–H groups in total. The minimum atomic E-state index is -3.07. The Labute approximate surface area is 191 Å². The fourth-order valence-electron chi connectivity index (χ4n) is 4.08. The molecule has 0 aliphatic rings. The van der Waals surface area contributed by atoms with Crippen LogP contribution in [-0.2, 0) is 23.9 Å². The molecule has 0 radical (unpaired) electrons. The monoisotopic (exact) mass is 458 g/mol. The average Bonchev–Trinajstić information content (AvgIpc) is 2.69. The van der Waals surface area contributed by atoms with Gasteiger partial charge < -0.3 is 20.1 Å². The zero-order valence-corrected chi connectivity index (χ0v) is 20.2. The maximum atomic E-state index is 13.1. The van der Waals surface area contributed by atoms with Crippen LogP contribution in [0.4, 0.5) is 0 Å². The van der Waals surface area contributed by atoms with Gasteiger partial charge in [-0.05, 0) is 45.4 Å². The lowest BCUT2D eigenvalue weighted by Gasteiger charge is -2.37. The van der Waals surface area contributed by atoms with Crippen LogP contribution in [0.1, 0.15) is 111 Å². The van der Waals surface area contributed by atoms with E-state index in [1.165, 1.54) is 0 Å². The number of rotatable bonds is 19. The van der Waals surface area contributed by atoms with Gasteiger partial charge in [0.25, 0.3) is 0 Å². The lowest BCUT2D eigenvalue weighted by atomic mass is 9.80. The summed E-state index contributed by atoms with van der Waals surface area (Å²) in [4.78, 5) is 48.3. The first-order valence-corrected chi connectivity index (χ1v) is 11.9. The van der Waals surface area contributed by atoms with Gasteiger partial charge in [0, 0.05) is 0 Å². The Bertz CT molecular complexity index is 607. The second-order valence-electron chi connectivity index (χ2n) is 8.82. The molecule has 0 saturated heterocycles. The van der Waals surface area contributed by atoms with Gasteiger partial charge in [-0.1, -0.05) is 59.3 Å². The van der Waals surface area contributed by atoms with Gasteiger partial charge in [0.1, 0.15) is 11.4 Å². The number of aliphatic carboxylic acids is 2. The number of carbonyl (C=O) groups excluding carboxylic acids is 2. The van der Waals surface area contributed by atoms with Crippen molar-refractivity contribution in [3.05, 3.63) is 0 Å². The van der Waals surface area contributed by atoms with E-state index in [0.29, 0.717) is 19.3 Å².